The van der Waals surface area contributed by atoms with Crippen molar-refractivity contribution in [3.8, 4) is 11.5 Å². The number of amides is 1. The lowest BCUT2D eigenvalue weighted by Crippen LogP contribution is -2.33. The molecule has 0 aromatic heterocycles. The molecule has 0 bridgehead atoms. The molecule has 0 saturated heterocycles. The number of fused-ring (bicyclic) bond motifs is 2. The Hall–Kier alpha value is -2.81. The van der Waals surface area contributed by atoms with Crippen LogP contribution < -0.4 is 10.1 Å². The maximum Gasteiger partial charge on any atom is 0.251 e. The second kappa shape index (κ2) is 7.46. The normalized spacial score (nSPS) is 16.7. The first-order valence-electron chi connectivity index (χ1n) is 10.9. The molecule has 0 radical (unpaired) electrons. The highest BCUT2D eigenvalue weighted by Crippen LogP contribution is 2.47. The van der Waals surface area contributed by atoms with Crippen LogP contribution in [-0.4, -0.2) is 12.5 Å². The van der Waals surface area contributed by atoms with Crippen LogP contribution in [0.1, 0.15) is 68.9 Å². The van der Waals surface area contributed by atoms with Crippen molar-refractivity contribution < 1.29 is 9.53 Å². The van der Waals surface area contributed by atoms with Gasteiger partial charge in [-0.3, -0.25) is 4.79 Å². The van der Waals surface area contributed by atoms with Crippen LogP contribution >= 0.6 is 0 Å². The van der Waals surface area contributed by atoms with E-state index in [1.54, 1.807) is 0 Å². The van der Waals surface area contributed by atoms with E-state index in [9.17, 15) is 4.79 Å². The van der Waals surface area contributed by atoms with E-state index in [-0.39, 0.29) is 16.7 Å². The summed E-state index contributed by atoms with van der Waals surface area (Å²) in [4.78, 5) is 12.3. The van der Waals surface area contributed by atoms with Crippen LogP contribution in [0.3, 0.4) is 0 Å². The molecule has 0 heterocycles. The molecule has 1 aliphatic carbocycles. The van der Waals surface area contributed by atoms with Crippen LogP contribution in [0.4, 0.5) is 0 Å². The fourth-order valence-electron chi connectivity index (χ4n) is 4.55. The Morgan fingerprint density at radius 1 is 0.900 bits per heavy atom. The van der Waals surface area contributed by atoms with Gasteiger partial charge in [0.05, 0.1) is 0 Å². The Morgan fingerprint density at radius 2 is 1.57 bits per heavy atom. The predicted molar refractivity (Wildman–Crippen MR) is 124 cm³/mol. The maximum atomic E-state index is 12.3. The summed E-state index contributed by atoms with van der Waals surface area (Å²) < 4.78 is 6.26. The lowest BCUT2D eigenvalue weighted by Gasteiger charge is -2.41. The minimum atomic E-state index is -0.0451. The molecule has 0 aliphatic heterocycles. The highest BCUT2D eigenvalue weighted by molar-refractivity contribution is 6.07. The standard InChI is InChI=1S/C27H31NO2/c1-6-28-25(29)22-9-7-8-18-16-19(10-12-21(18)22)30-20-11-13-23-24(17-20)27(4,5)15-14-26(23,2)3/h7-13,16-17H,6,14-15H2,1-5H3,(H,28,29). The largest absolute Gasteiger partial charge is 0.457 e. The molecule has 156 valence electrons. The number of carbonyl (C=O) groups excluding carboxylic acids is 1. The molecule has 30 heavy (non-hydrogen) atoms. The average molecular weight is 402 g/mol. The molecule has 3 aromatic rings. The van der Waals surface area contributed by atoms with Gasteiger partial charge in [0.1, 0.15) is 11.5 Å². The molecule has 1 amide bonds. The van der Waals surface area contributed by atoms with Crippen molar-refractivity contribution in [1.82, 2.24) is 5.32 Å². The van der Waals surface area contributed by atoms with E-state index < -0.39 is 0 Å². The van der Waals surface area contributed by atoms with Gasteiger partial charge in [0.25, 0.3) is 5.91 Å². The predicted octanol–water partition coefficient (Wildman–Crippen LogP) is 6.73. The smallest absolute Gasteiger partial charge is 0.251 e. The number of rotatable bonds is 4. The van der Waals surface area contributed by atoms with E-state index in [1.807, 2.05) is 43.3 Å². The van der Waals surface area contributed by atoms with Crippen molar-refractivity contribution in [2.24, 2.45) is 0 Å². The van der Waals surface area contributed by atoms with E-state index in [4.69, 9.17) is 4.74 Å². The van der Waals surface area contributed by atoms with Crippen molar-refractivity contribution in [3.63, 3.8) is 0 Å². The van der Waals surface area contributed by atoms with Crippen LogP contribution in [-0.2, 0) is 10.8 Å². The maximum absolute atomic E-state index is 12.3. The third kappa shape index (κ3) is 3.69. The number of ether oxygens (including phenoxy) is 1. The van der Waals surface area contributed by atoms with Crippen LogP contribution in [0.25, 0.3) is 10.8 Å². The van der Waals surface area contributed by atoms with Gasteiger partial charge >= 0.3 is 0 Å². The van der Waals surface area contributed by atoms with Crippen molar-refractivity contribution in [2.45, 2.75) is 58.3 Å². The zero-order valence-electron chi connectivity index (χ0n) is 18.6. The molecule has 0 fully saturated rings. The van der Waals surface area contributed by atoms with Crippen molar-refractivity contribution >= 4 is 16.7 Å². The Balaban J connectivity index is 1.68. The number of hydrogen-bond donors (Lipinski definition) is 1. The minimum absolute atomic E-state index is 0.0451. The zero-order chi connectivity index (χ0) is 21.5. The van der Waals surface area contributed by atoms with Crippen molar-refractivity contribution in [1.29, 1.82) is 0 Å². The van der Waals surface area contributed by atoms with Gasteiger partial charge in [-0.15, -0.1) is 0 Å². The SMILES string of the molecule is CCNC(=O)c1cccc2cc(Oc3ccc4c(c3)C(C)(C)CCC4(C)C)ccc12. The first kappa shape index (κ1) is 20.5. The van der Waals surface area contributed by atoms with Crippen molar-refractivity contribution in [3.05, 3.63) is 71.3 Å². The summed E-state index contributed by atoms with van der Waals surface area (Å²) in [6.07, 6.45) is 2.38. The topological polar surface area (TPSA) is 38.3 Å². The first-order chi connectivity index (χ1) is 14.2. The quantitative estimate of drug-likeness (QED) is 0.526. The van der Waals surface area contributed by atoms with Crippen LogP contribution in [0.15, 0.2) is 54.6 Å². The first-order valence-corrected chi connectivity index (χ1v) is 10.9. The fraction of sp³-hybridized carbons (Fsp3) is 0.370. The Morgan fingerprint density at radius 3 is 2.30 bits per heavy atom. The molecule has 0 spiro atoms. The Labute approximate surface area is 179 Å². The summed E-state index contributed by atoms with van der Waals surface area (Å²) in [5, 5.41) is 4.81. The molecule has 0 atom stereocenters. The molecule has 0 unspecified atom stereocenters. The van der Waals surface area contributed by atoms with E-state index >= 15 is 0 Å². The van der Waals surface area contributed by atoms with E-state index in [1.165, 1.54) is 24.0 Å². The molecule has 3 aromatic carbocycles. The highest BCUT2D eigenvalue weighted by Gasteiger charge is 2.37. The van der Waals surface area contributed by atoms with Gasteiger partial charge < -0.3 is 10.1 Å². The summed E-state index contributed by atoms with van der Waals surface area (Å²) >= 11 is 0. The molecule has 1 aliphatic rings. The van der Waals surface area contributed by atoms with Gasteiger partial charge in [0, 0.05) is 12.1 Å². The number of nitrogens with one attached hydrogen (secondary N) is 1. The minimum Gasteiger partial charge on any atom is -0.457 e. The number of carbonyl (C=O) groups is 1. The molecule has 0 saturated carbocycles. The van der Waals surface area contributed by atoms with Crippen LogP contribution in [0.2, 0.25) is 0 Å². The molecule has 1 N–H and O–H groups in total. The van der Waals surface area contributed by atoms with E-state index in [2.05, 4.69) is 51.2 Å². The van der Waals surface area contributed by atoms with Gasteiger partial charge in [0.2, 0.25) is 0 Å². The molecule has 3 nitrogen and oxygen atoms in total. The number of hydrogen-bond acceptors (Lipinski definition) is 2. The van der Waals surface area contributed by atoms with Crippen LogP contribution in [0, 0.1) is 0 Å². The summed E-state index contributed by atoms with van der Waals surface area (Å²) in [6, 6.07) is 18.3. The Bertz CT molecular complexity index is 1110. The summed E-state index contributed by atoms with van der Waals surface area (Å²) in [7, 11) is 0. The van der Waals surface area contributed by atoms with Gasteiger partial charge in [-0.25, -0.2) is 0 Å². The Kier molecular flexibility index (Phi) is 5.09. The summed E-state index contributed by atoms with van der Waals surface area (Å²) in [5.74, 6) is 1.60. The number of benzene rings is 3. The van der Waals surface area contributed by atoms with Crippen molar-refractivity contribution in [2.75, 3.05) is 6.54 Å². The van der Waals surface area contributed by atoms with E-state index in [0.717, 1.165) is 22.3 Å². The van der Waals surface area contributed by atoms with Gasteiger partial charge in [-0.1, -0.05) is 45.9 Å². The summed E-state index contributed by atoms with van der Waals surface area (Å²) in [5.41, 5.74) is 3.85. The molecular formula is C27H31NO2. The molecule has 3 heteroatoms. The third-order valence-corrected chi connectivity index (χ3v) is 6.49. The second-order valence-corrected chi connectivity index (χ2v) is 9.63. The molecule has 4 rings (SSSR count). The monoisotopic (exact) mass is 401 g/mol. The van der Waals surface area contributed by atoms with Crippen LogP contribution in [0.5, 0.6) is 11.5 Å². The second-order valence-electron chi connectivity index (χ2n) is 9.63. The van der Waals surface area contributed by atoms with Gasteiger partial charge in [0.15, 0.2) is 0 Å². The van der Waals surface area contributed by atoms with E-state index in [0.29, 0.717) is 12.1 Å². The lowest BCUT2D eigenvalue weighted by molar-refractivity contribution is 0.0957. The van der Waals surface area contributed by atoms with Gasteiger partial charge in [-0.05, 0) is 88.9 Å². The van der Waals surface area contributed by atoms with Gasteiger partial charge in [-0.2, -0.15) is 0 Å². The summed E-state index contributed by atoms with van der Waals surface area (Å²) in [6.45, 7) is 11.8. The fourth-order valence-corrected chi connectivity index (χ4v) is 4.55. The lowest BCUT2D eigenvalue weighted by atomic mass is 9.63. The molecular weight excluding hydrogens is 370 g/mol. The average Bonchev–Trinajstić information content (AvgIpc) is 2.71. The highest BCUT2D eigenvalue weighted by atomic mass is 16.5. The zero-order valence-corrected chi connectivity index (χ0v) is 18.6. The third-order valence-electron chi connectivity index (χ3n) is 6.49.